The SMILES string of the molecule is C=C/C=C\C(=C/C)C(=O)Nc1cc(OCc2ccc(OC)cn2)ccc1O. The minimum absolute atomic E-state index is 0.0542. The van der Waals surface area contributed by atoms with Crippen molar-refractivity contribution < 1.29 is 19.4 Å². The van der Waals surface area contributed by atoms with E-state index in [1.165, 1.54) is 6.07 Å². The largest absolute Gasteiger partial charge is 0.506 e. The number of carbonyl (C=O) groups excluding carboxylic acids is 1. The van der Waals surface area contributed by atoms with Crippen LogP contribution in [0.5, 0.6) is 17.2 Å². The van der Waals surface area contributed by atoms with Crippen molar-refractivity contribution in [1.82, 2.24) is 4.98 Å². The van der Waals surface area contributed by atoms with Crippen molar-refractivity contribution in [3.05, 3.63) is 78.7 Å². The summed E-state index contributed by atoms with van der Waals surface area (Å²) in [5.41, 5.74) is 1.43. The van der Waals surface area contributed by atoms with E-state index in [4.69, 9.17) is 9.47 Å². The maximum Gasteiger partial charge on any atom is 0.255 e. The van der Waals surface area contributed by atoms with Gasteiger partial charge in [0.2, 0.25) is 0 Å². The fourth-order valence-corrected chi connectivity index (χ4v) is 2.15. The van der Waals surface area contributed by atoms with Crippen molar-refractivity contribution in [1.29, 1.82) is 0 Å². The molecule has 2 aromatic rings. The molecule has 0 aliphatic rings. The summed E-state index contributed by atoms with van der Waals surface area (Å²) in [5, 5.41) is 12.7. The standard InChI is InChI=1S/C21H22N2O4/c1-4-6-7-15(5-2)21(25)23-19-12-17(10-11-20(19)24)27-14-16-8-9-18(26-3)13-22-16/h4-13,24H,1,14H2,2-3H3,(H,23,25)/b7-6-,15-5+. The number of hydrogen-bond acceptors (Lipinski definition) is 5. The second-order valence-electron chi connectivity index (χ2n) is 5.45. The Hall–Kier alpha value is -3.54. The number of nitrogens with one attached hydrogen (secondary N) is 1. The Bertz CT molecular complexity index is 855. The van der Waals surface area contributed by atoms with Crippen LogP contribution >= 0.6 is 0 Å². The van der Waals surface area contributed by atoms with Gasteiger partial charge in [-0.2, -0.15) is 0 Å². The van der Waals surface area contributed by atoms with Gasteiger partial charge in [0.15, 0.2) is 0 Å². The zero-order valence-electron chi connectivity index (χ0n) is 15.3. The van der Waals surface area contributed by atoms with E-state index in [-0.39, 0.29) is 24.0 Å². The van der Waals surface area contributed by atoms with Crippen LogP contribution in [0.4, 0.5) is 5.69 Å². The highest BCUT2D eigenvalue weighted by Gasteiger charge is 2.10. The van der Waals surface area contributed by atoms with E-state index >= 15 is 0 Å². The lowest BCUT2D eigenvalue weighted by atomic mass is 10.2. The van der Waals surface area contributed by atoms with Crippen LogP contribution in [-0.4, -0.2) is 23.1 Å². The average molecular weight is 366 g/mol. The molecule has 140 valence electrons. The topological polar surface area (TPSA) is 80.7 Å². The molecular formula is C21H22N2O4. The zero-order valence-corrected chi connectivity index (χ0v) is 15.3. The van der Waals surface area contributed by atoms with Crippen LogP contribution in [0.3, 0.4) is 0 Å². The molecule has 0 bridgehead atoms. The van der Waals surface area contributed by atoms with Gasteiger partial charge >= 0.3 is 0 Å². The van der Waals surface area contributed by atoms with E-state index in [1.54, 1.807) is 68.8 Å². The Kier molecular flexibility index (Phi) is 7.19. The average Bonchev–Trinajstić information content (AvgIpc) is 2.69. The van der Waals surface area contributed by atoms with Gasteiger partial charge in [0.25, 0.3) is 5.91 Å². The first-order valence-corrected chi connectivity index (χ1v) is 8.29. The van der Waals surface area contributed by atoms with Crippen LogP contribution < -0.4 is 14.8 Å². The van der Waals surface area contributed by atoms with Gasteiger partial charge in [-0.1, -0.05) is 24.8 Å². The van der Waals surface area contributed by atoms with Crippen molar-refractivity contribution in [3.8, 4) is 17.2 Å². The number of anilines is 1. The third-order valence-corrected chi connectivity index (χ3v) is 3.62. The summed E-state index contributed by atoms with van der Waals surface area (Å²) in [6.45, 7) is 5.57. The Balaban J connectivity index is 2.07. The Morgan fingerprint density at radius 3 is 2.70 bits per heavy atom. The molecule has 0 aliphatic carbocycles. The lowest BCUT2D eigenvalue weighted by Gasteiger charge is -2.11. The molecular weight excluding hydrogens is 344 g/mol. The minimum Gasteiger partial charge on any atom is -0.506 e. The van der Waals surface area contributed by atoms with E-state index in [2.05, 4.69) is 16.9 Å². The van der Waals surface area contributed by atoms with Crippen molar-refractivity contribution >= 4 is 11.6 Å². The molecule has 0 spiro atoms. The minimum atomic E-state index is -0.347. The predicted octanol–water partition coefficient (Wildman–Crippen LogP) is 4.00. The number of amides is 1. The van der Waals surface area contributed by atoms with Crippen molar-refractivity contribution in [3.63, 3.8) is 0 Å². The van der Waals surface area contributed by atoms with Crippen LogP contribution in [0, 0.1) is 0 Å². The van der Waals surface area contributed by atoms with Crippen molar-refractivity contribution in [2.24, 2.45) is 0 Å². The summed E-state index contributed by atoms with van der Waals surface area (Å²) < 4.78 is 10.8. The fourth-order valence-electron chi connectivity index (χ4n) is 2.15. The Labute approximate surface area is 158 Å². The molecule has 0 saturated carbocycles. The third kappa shape index (κ3) is 5.74. The van der Waals surface area contributed by atoms with Gasteiger partial charge in [0, 0.05) is 11.6 Å². The number of rotatable bonds is 8. The molecule has 6 nitrogen and oxygen atoms in total. The van der Waals surface area contributed by atoms with Gasteiger partial charge in [0.1, 0.15) is 23.9 Å². The summed E-state index contributed by atoms with van der Waals surface area (Å²) in [6, 6.07) is 8.22. The molecule has 1 heterocycles. The van der Waals surface area contributed by atoms with Gasteiger partial charge in [-0.3, -0.25) is 9.78 Å². The van der Waals surface area contributed by atoms with Crippen LogP contribution in [0.15, 0.2) is 73.0 Å². The number of phenols is 1. The molecule has 1 aromatic heterocycles. The molecule has 0 atom stereocenters. The molecule has 2 rings (SSSR count). The monoisotopic (exact) mass is 366 g/mol. The molecule has 0 radical (unpaired) electrons. The van der Waals surface area contributed by atoms with Crippen molar-refractivity contribution in [2.45, 2.75) is 13.5 Å². The summed E-state index contributed by atoms with van der Waals surface area (Å²) in [7, 11) is 1.58. The number of methoxy groups -OCH3 is 1. The number of aromatic nitrogens is 1. The number of benzene rings is 1. The third-order valence-electron chi connectivity index (χ3n) is 3.62. The van der Waals surface area contributed by atoms with E-state index in [0.29, 0.717) is 17.1 Å². The number of carbonyl (C=O) groups is 1. The maximum atomic E-state index is 12.3. The molecule has 27 heavy (non-hydrogen) atoms. The normalized spacial score (nSPS) is 11.3. The van der Waals surface area contributed by atoms with E-state index in [0.717, 1.165) is 5.69 Å². The summed E-state index contributed by atoms with van der Waals surface area (Å²) in [6.07, 6.45) is 8.15. The number of nitrogens with zero attached hydrogens (tertiary/aromatic N) is 1. The number of phenolic OH excluding ortho intramolecular Hbond substituents is 1. The van der Waals surface area contributed by atoms with Gasteiger partial charge in [-0.05, 0) is 37.3 Å². The number of hydrogen-bond donors (Lipinski definition) is 2. The van der Waals surface area contributed by atoms with Crippen LogP contribution in [0.2, 0.25) is 0 Å². The highest BCUT2D eigenvalue weighted by molar-refractivity contribution is 6.06. The highest BCUT2D eigenvalue weighted by atomic mass is 16.5. The molecule has 6 heteroatoms. The Morgan fingerprint density at radius 1 is 1.30 bits per heavy atom. The lowest BCUT2D eigenvalue weighted by molar-refractivity contribution is -0.112. The zero-order chi connectivity index (χ0) is 19.6. The molecule has 0 fully saturated rings. The lowest BCUT2D eigenvalue weighted by Crippen LogP contribution is -2.13. The van der Waals surface area contributed by atoms with Gasteiger partial charge in [-0.25, -0.2) is 0 Å². The molecule has 1 aromatic carbocycles. The van der Waals surface area contributed by atoms with Gasteiger partial charge < -0.3 is 19.9 Å². The summed E-state index contributed by atoms with van der Waals surface area (Å²) in [5.74, 6) is 0.754. The number of ether oxygens (including phenoxy) is 2. The van der Waals surface area contributed by atoms with Crippen molar-refractivity contribution in [2.75, 3.05) is 12.4 Å². The molecule has 1 amide bonds. The molecule has 0 aliphatic heterocycles. The highest BCUT2D eigenvalue weighted by Crippen LogP contribution is 2.29. The molecule has 2 N–H and O–H groups in total. The van der Waals surface area contributed by atoms with Gasteiger partial charge in [-0.15, -0.1) is 0 Å². The first kappa shape index (κ1) is 19.8. The molecule has 0 saturated heterocycles. The quantitative estimate of drug-likeness (QED) is 0.419. The van der Waals surface area contributed by atoms with Crippen LogP contribution in [-0.2, 0) is 11.4 Å². The molecule has 0 unspecified atom stereocenters. The smallest absolute Gasteiger partial charge is 0.255 e. The summed E-state index contributed by atoms with van der Waals surface area (Å²) in [4.78, 5) is 16.5. The van der Waals surface area contributed by atoms with Crippen LogP contribution in [0.25, 0.3) is 0 Å². The number of aromatic hydroxyl groups is 1. The van der Waals surface area contributed by atoms with E-state index in [1.807, 2.05) is 0 Å². The van der Waals surface area contributed by atoms with E-state index in [9.17, 15) is 9.90 Å². The maximum absolute atomic E-state index is 12.3. The predicted molar refractivity (Wildman–Crippen MR) is 105 cm³/mol. The number of pyridine rings is 1. The first-order valence-electron chi connectivity index (χ1n) is 8.29. The second kappa shape index (κ2) is 9.82. The summed E-state index contributed by atoms with van der Waals surface area (Å²) >= 11 is 0. The number of allylic oxidation sites excluding steroid dienone is 3. The van der Waals surface area contributed by atoms with Crippen LogP contribution in [0.1, 0.15) is 12.6 Å². The fraction of sp³-hybridized carbons (Fsp3) is 0.143. The first-order chi connectivity index (χ1) is 13.1. The second-order valence-corrected chi connectivity index (χ2v) is 5.45. The Morgan fingerprint density at radius 2 is 2.07 bits per heavy atom. The van der Waals surface area contributed by atoms with E-state index < -0.39 is 0 Å². The van der Waals surface area contributed by atoms with Gasteiger partial charge in [0.05, 0.1) is 24.7 Å².